The number of hydrogen-bond acceptors (Lipinski definition) is 6. The molecular weight excluding hydrogens is 462 g/mol. The van der Waals surface area contributed by atoms with Crippen molar-refractivity contribution in [2.45, 2.75) is 45.2 Å². The van der Waals surface area contributed by atoms with Crippen LogP contribution in [0.1, 0.15) is 53.8 Å². The van der Waals surface area contributed by atoms with Crippen molar-refractivity contribution in [2.75, 3.05) is 27.0 Å². The first-order valence-electron chi connectivity index (χ1n) is 12.3. The van der Waals surface area contributed by atoms with Crippen molar-refractivity contribution in [1.82, 2.24) is 15.5 Å². The molecule has 9 nitrogen and oxygen atoms in total. The van der Waals surface area contributed by atoms with E-state index in [-0.39, 0.29) is 36.5 Å². The van der Waals surface area contributed by atoms with Crippen LogP contribution in [0, 0.1) is 5.92 Å². The van der Waals surface area contributed by atoms with Crippen LogP contribution in [0.15, 0.2) is 42.5 Å². The Labute approximate surface area is 211 Å². The summed E-state index contributed by atoms with van der Waals surface area (Å²) in [4.78, 5) is 41.0. The molecule has 0 aromatic heterocycles. The Morgan fingerprint density at radius 3 is 2.33 bits per heavy atom. The maximum atomic E-state index is 13.2. The zero-order chi connectivity index (χ0) is 25.7. The Kier molecular flexibility index (Phi) is 7.97. The summed E-state index contributed by atoms with van der Waals surface area (Å²) in [6, 6.07) is 11.2. The van der Waals surface area contributed by atoms with E-state index in [9.17, 15) is 14.4 Å². The quantitative estimate of drug-likeness (QED) is 0.583. The molecule has 2 aliphatic rings. The number of carbonyl (C=O) groups is 3. The molecule has 4 rings (SSSR count). The van der Waals surface area contributed by atoms with Crippen LogP contribution in [-0.2, 0) is 4.79 Å². The van der Waals surface area contributed by atoms with Crippen molar-refractivity contribution in [1.29, 1.82) is 0 Å². The first-order valence-corrected chi connectivity index (χ1v) is 12.3. The van der Waals surface area contributed by atoms with Crippen molar-refractivity contribution >= 4 is 17.7 Å². The van der Waals surface area contributed by atoms with Gasteiger partial charge in [0.15, 0.2) is 11.5 Å². The highest BCUT2D eigenvalue weighted by atomic mass is 16.7. The highest BCUT2D eigenvalue weighted by Crippen LogP contribution is 2.33. The van der Waals surface area contributed by atoms with Crippen molar-refractivity contribution in [3.8, 4) is 17.2 Å². The number of amides is 3. The fourth-order valence-electron chi connectivity index (χ4n) is 4.45. The van der Waals surface area contributed by atoms with E-state index in [2.05, 4.69) is 10.6 Å². The van der Waals surface area contributed by atoms with Gasteiger partial charge in [-0.05, 0) is 74.6 Å². The van der Waals surface area contributed by atoms with Crippen LogP contribution in [0.25, 0.3) is 0 Å². The van der Waals surface area contributed by atoms with Crippen molar-refractivity contribution < 1.29 is 28.6 Å². The van der Waals surface area contributed by atoms with Gasteiger partial charge in [0, 0.05) is 30.3 Å². The number of fused-ring (bicyclic) bond motifs is 1. The van der Waals surface area contributed by atoms with E-state index in [0.717, 1.165) is 6.42 Å². The molecule has 0 radical (unpaired) electrons. The Balaban J connectivity index is 1.43. The molecular formula is C27H33N3O6. The lowest BCUT2D eigenvalue weighted by atomic mass is 9.88. The molecule has 0 saturated carbocycles. The number of hydrogen-bond donors (Lipinski definition) is 2. The summed E-state index contributed by atoms with van der Waals surface area (Å²) in [5.41, 5.74) is 0.990. The number of nitrogens with zero attached hydrogens (tertiary/aromatic N) is 1. The standard InChI is InChI=1S/C27H33N3O6/c1-4-17(2)28-26(32)24(29-25(31)19-5-8-21(34-3)9-6-19)18-11-13-30(14-12-18)27(33)20-7-10-22-23(15-20)36-16-35-22/h5-10,15,17-18,24H,4,11-14,16H2,1-3H3,(H,28,32)(H,29,31)/t17-,24-/m0/s1. The summed E-state index contributed by atoms with van der Waals surface area (Å²) in [6.07, 6.45) is 1.98. The molecule has 2 aliphatic heterocycles. The van der Waals surface area contributed by atoms with Crippen molar-refractivity contribution in [3.05, 3.63) is 53.6 Å². The molecule has 1 fully saturated rings. The van der Waals surface area contributed by atoms with Gasteiger partial charge in [-0.1, -0.05) is 6.92 Å². The number of methoxy groups -OCH3 is 1. The van der Waals surface area contributed by atoms with Gasteiger partial charge < -0.3 is 29.7 Å². The van der Waals surface area contributed by atoms with Crippen molar-refractivity contribution in [3.63, 3.8) is 0 Å². The molecule has 0 bridgehead atoms. The van der Waals surface area contributed by atoms with Gasteiger partial charge in [-0.15, -0.1) is 0 Å². The van der Waals surface area contributed by atoms with Crippen LogP contribution < -0.4 is 24.8 Å². The number of likely N-dealkylation sites (tertiary alicyclic amines) is 1. The van der Waals surface area contributed by atoms with Crippen LogP contribution in [-0.4, -0.2) is 61.7 Å². The predicted molar refractivity (Wildman–Crippen MR) is 133 cm³/mol. The summed E-state index contributed by atoms with van der Waals surface area (Å²) < 4.78 is 15.9. The maximum absolute atomic E-state index is 13.2. The summed E-state index contributed by atoms with van der Waals surface area (Å²) in [6.45, 7) is 5.07. The van der Waals surface area contributed by atoms with E-state index in [1.54, 1.807) is 54.5 Å². The molecule has 0 spiro atoms. The number of piperidine rings is 1. The third-order valence-corrected chi connectivity index (χ3v) is 6.84. The molecule has 192 valence electrons. The van der Waals surface area contributed by atoms with Gasteiger partial charge in [0.2, 0.25) is 12.7 Å². The second-order valence-corrected chi connectivity index (χ2v) is 9.20. The van der Waals surface area contributed by atoms with E-state index < -0.39 is 6.04 Å². The van der Waals surface area contributed by atoms with Gasteiger partial charge in [0.1, 0.15) is 11.8 Å². The van der Waals surface area contributed by atoms with Gasteiger partial charge in [-0.2, -0.15) is 0 Å². The second kappa shape index (κ2) is 11.3. The first-order chi connectivity index (χ1) is 17.4. The van der Waals surface area contributed by atoms with Gasteiger partial charge >= 0.3 is 0 Å². The summed E-state index contributed by atoms with van der Waals surface area (Å²) in [5, 5.41) is 5.95. The molecule has 36 heavy (non-hydrogen) atoms. The lowest BCUT2D eigenvalue weighted by Gasteiger charge is -2.36. The highest BCUT2D eigenvalue weighted by Gasteiger charge is 2.35. The van der Waals surface area contributed by atoms with E-state index >= 15 is 0 Å². The molecule has 2 heterocycles. The molecule has 2 atom stereocenters. The lowest BCUT2D eigenvalue weighted by Crippen LogP contribution is -2.55. The highest BCUT2D eigenvalue weighted by molar-refractivity contribution is 5.98. The zero-order valence-electron chi connectivity index (χ0n) is 20.9. The van der Waals surface area contributed by atoms with Gasteiger partial charge in [0.05, 0.1) is 7.11 Å². The summed E-state index contributed by atoms with van der Waals surface area (Å²) in [7, 11) is 1.56. The molecule has 3 amide bonds. The summed E-state index contributed by atoms with van der Waals surface area (Å²) >= 11 is 0. The number of ether oxygens (including phenoxy) is 3. The minimum atomic E-state index is -0.698. The van der Waals surface area contributed by atoms with Gasteiger partial charge in [0.25, 0.3) is 11.8 Å². The van der Waals surface area contributed by atoms with Crippen LogP contribution in [0.2, 0.25) is 0 Å². The van der Waals surface area contributed by atoms with Crippen LogP contribution in [0.5, 0.6) is 17.2 Å². The third-order valence-electron chi connectivity index (χ3n) is 6.84. The molecule has 0 aliphatic carbocycles. The fraction of sp³-hybridized carbons (Fsp3) is 0.444. The number of nitrogens with one attached hydrogen (secondary N) is 2. The van der Waals surface area contributed by atoms with Gasteiger partial charge in [-0.25, -0.2) is 0 Å². The van der Waals surface area contributed by atoms with Crippen LogP contribution in [0.3, 0.4) is 0 Å². The maximum Gasteiger partial charge on any atom is 0.253 e. The van der Waals surface area contributed by atoms with E-state index in [1.807, 2.05) is 13.8 Å². The van der Waals surface area contributed by atoms with Crippen molar-refractivity contribution in [2.24, 2.45) is 5.92 Å². The number of carbonyl (C=O) groups excluding carboxylic acids is 3. The SMILES string of the molecule is CC[C@H](C)NC(=O)[C@@H](NC(=O)c1ccc(OC)cc1)C1CCN(C(=O)c2ccc3c(c2)OCO3)CC1. The molecule has 1 saturated heterocycles. The molecule has 9 heteroatoms. The topological polar surface area (TPSA) is 106 Å². The normalized spacial score (nSPS) is 16.7. The zero-order valence-corrected chi connectivity index (χ0v) is 20.9. The summed E-state index contributed by atoms with van der Waals surface area (Å²) in [5.74, 6) is 1.14. The minimum Gasteiger partial charge on any atom is -0.497 e. The van der Waals surface area contributed by atoms with Gasteiger partial charge in [-0.3, -0.25) is 14.4 Å². The smallest absolute Gasteiger partial charge is 0.253 e. The Hall–Kier alpha value is -3.75. The average Bonchev–Trinajstić information content (AvgIpc) is 3.39. The molecule has 2 aromatic rings. The van der Waals surface area contributed by atoms with Crippen LogP contribution in [0.4, 0.5) is 0 Å². The van der Waals surface area contributed by atoms with Crippen LogP contribution >= 0.6 is 0 Å². The van der Waals surface area contributed by atoms with E-state index in [0.29, 0.717) is 54.3 Å². The van der Waals surface area contributed by atoms with E-state index in [4.69, 9.17) is 14.2 Å². The largest absolute Gasteiger partial charge is 0.497 e. The predicted octanol–water partition coefficient (Wildman–Crippen LogP) is 2.99. The lowest BCUT2D eigenvalue weighted by molar-refractivity contribution is -0.125. The molecule has 2 N–H and O–H groups in total. The molecule has 0 unspecified atom stereocenters. The molecule has 2 aromatic carbocycles. The number of benzene rings is 2. The monoisotopic (exact) mass is 495 g/mol. The fourth-order valence-corrected chi connectivity index (χ4v) is 4.45. The Bertz CT molecular complexity index is 1100. The van der Waals surface area contributed by atoms with E-state index in [1.165, 1.54) is 0 Å². The minimum absolute atomic E-state index is 0.00874. The Morgan fingerprint density at radius 1 is 1.00 bits per heavy atom. The second-order valence-electron chi connectivity index (χ2n) is 9.20. The number of rotatable bonds is 8. The average molecular weight is 496 g/mol. The first kappa shape index (κ1) is 25.3. The third kappa shape index (κ3) is 5.72. The Morgan fingerprint density at radius 2 is 1.67 bits per heavy atom.